The van der Waals surface area contributed by atoms with Crippen LogP contribution in [0.1, 0.15) is 10.6 Å². The van der Waals surface area contributed by atoms with Crippen LogP contribution in [0.5, 0.6) is 0 Å². The fourth-order valence-electron chi connectivity index (χ4n) is 2.55. The average Bonchev–Trinajstić information content (AvgIpc) is 3.19. The molecule has 0 N–H and O–H groups in total. The Bertz CT molecular complexity index is 1180. The highest BCUT2D eigenvalue weighted by Crippen LogP contribution is 2.39. The molecule has 0 amide bonds. The van der Waals surface area contributed by atoms with Gasteiger partial charge in [-0.1, -0.05) is 11.3 Å². The first-order valence-corrected chi connectivity index (χ1v) is 8.72. The van der Waals surface area contributed by atoms with Crippen LogP contribution < -0.4 is 0 Å². The molecule has 0 fully saturated rings. The SMILES string of the molecule is Cn1c(-c2nc3sc(C(F)(F)F)cn3c2Br)nc2cc(C(F)(F)F)ncc21. The minimum atomic E-state index is -4.61. The number of halogens is 7. The summed E-state index contributed by atoms with van der Waals surface area (Å²) in [5.41, 5.74) is -0.493. The van der Waals surface area contributed by atoms with E-state index in [1.807, 2.05) is 0 Å². The molecule has 4 aromatic rings. The van der Waals surface area contributed by atoms with Gasteiger partial charge in [0.25, 0.3) is 0 Å². The number of hydrogen-bond donors (Lipinski definition) is 0. The number of rotatable bonds is 1. The zero-order valence-electron chi connectivity index (χ0n) is 13.0. The van der Waals surface area contributed by atoms with Crippen LogP contribution in [0.15, 0.2) is 23.1 Å². The first-order chi connectivity index (χ1) is 12.5. The average molecular weight is 470 g/mol. The lowest BCUT2D eigenvalue weighted by Gasteiger charge is -2.04. The molecule has 0 saturated heterocycles. The molecular formula is C14H6BrF6N5S. The summed E-state index contributed by atoms with van der Waals surface area (Å²) in [5.74, 6) is 0.197. The summed E-state index contributed by atoms with van der Waals surface area (Å²) in [7, 11) is 1.56. The highest BCUT2D eigenvalue weighted by Gasteiger charge is 2.35. The topological polar surface area (TPSA) is 48.0 Å². The molecule has 13 heteroatoms. The van der Waals surface area contributed by atoms with Gasteiger partial charge in [-0.05, 0) is 22.0 Å². The first-order valence-electron chi connectivity index (χ1n) is 7.11. The van der Waals surface area contributed by atoms with Gasteiger partial charge in [-0.25, -0.2) is 15.0 Å². The third-order valence-electron chi connectivity index (χ3n) is 3.82. The number of alkyl halides is 6. The molecule has 0 bridgehead atoms. The van der Waals surface area contributed by atoms with E-state index in [1.165, 1.54) is 8.97 Å². The van der Waals surface area contributed by atoms with E-state index in [-0.39, 0.29) is 26.6 Å². The summed E-state index contributed by atoms with van der Waals surface area (Å²) in [5, 5.41) is 0. The number of imidazole rings is 2. The smallest absolute Gasteiger partial charge is 0.324 e. The number of pyridine rings is 1. The van der Waals surface area contributed by atoms with Crippen LogP contribution in [0.4, 0.5) is 26.3 Å². The molecule has 4 aromatic heterocycles. The zero-order chi connectivity index (χ0) is 19.7. The monoisotopic (exact) mass is 469 g/mol. The maximum atomic E-state index is 12.8. The fourth-order valence-corrected chi connectivity index (χ4v) is 4.05. The number of hydrogen-bond acceptors (Lipinski definition) is 4. The van der Waals surface area contributed by atoms with Crippen molar-refractivity contribution in [3.63, 3.8) is 0 Å². The summed E-state index contributed by atoms with van der Waals surface area (Å²) in [4.78, 5) is 11.0. The van der Waals surface area contributed by atoms with Crippen molar-refractivity contribution in [2.45, 2.75) is 12.4 Å². The minimum absolute atomic E-state index is 0.0501. The predicted molar refractivity (Wildman–Crippen MR) is 88.3 cm³/mol. The summed E-state index contributed by atoms with van der Waals surface area (Å²) in [6.07, 6.45) is -7.17. The van der Waals surface area contributed by atoms with Gasteiger partial charge in [-0.15, -0.1) is 0 Å². The van der Waals surface area contributed by atoms with Crippen molar-refractivity contribution in [1.82, 2.24) is 23.9 Å². The lowest BCUT2D eigenvalue weighted by Crippen LogP contribution is -2.07. The molecule has 0 atom stereocenters. The van der Waals surface area contributed by atoms with E-state index in [4.69, 9.17) is 0 Å². The lowest BCUT2D eigenvalue weighted by atomic mass is 10.3. The zero-order valence-corrected chi connectivity index (χ0v) is 15.4. The second kappa shape index (κ2) is 5.67. The molecule has 0 unspecified atom stereocenters. The minimum Gasteiger partial charge on any atom is -0.324 e. The second-order valence-electron chi connectivity index (χ2n) is 5.55. The van der Waals surface area contributed by atoms with Crippen LogP contribution in [0.2, 0.25) is 0 Å². The van der Waals surface area contributed by atoms with Gasteiger partial charge < -0.3 is 4.57 Å². The van der Waals surface area contributed by atoms with Crippen molar-refractivity contribution >= 4 is 43.3 Å². The van der Waals surface area contributed by atoms with Gasteiger partial charge in [0.05, 0.1) is 17.2 Å². The van der Waals surface area contributed by atoms with Crippen LogP contribution in [-0.2, 0) is 19.4 Å². The number of aryl methyl sites for hydroxylation is 1. The number of fused-ring (bicyclic) bond motifs is 2. The molecule has 0 saturated carbocycles. The summed E-state index contributed by atoms with van der Waals surface area (Å²) in [6.45, 7) is 0. The number of thiazole rings is 1. The normalized spacial score (nSPS) is 13.2. The Kier molecular flexibility index (Phi) is 3.83. The Morgan fingerprint density at radius 3 is 2.37 bits per heavy atom. The van der Waals surface area contributed by atoms with E-state index < -0.39 is 22.9 Å². The Morgan fingerprint density at radius 1 is 1.07 bits per heavy atom. The fraction of sp³-hybridized carbons (Fsp3) is 0.214. The van der Waals surface area contributed by atoms with Crippen LogP contribution in [0.3, 0.4) is 0 Å². The Morgan fingerprint density at radius 2 is 1.78 bits per heavy atom. The van der Waals surface area contributed by atoms with E-state index in [1.54, 1.807) is 7.05 Å². The second-order valence-corrected chi connectivity index (χ2v) is 7.31. The molecule has 27 heavy (non-hydrogen) atoms. The standard InChI is InChI=1S/C14H6BrF6N5S/c1-25-6-3-22-7(13(16,17)18)2-5(6)23-11(25)9-10(15)26-4-8(14(19,20)21)27-12(26)24-9/h2-4H,1H3. The van der Waals surface area contributed by atoms with Crippen LogP contribution in [0.25, 0.3) is 27.5 Å². The van der Waals surface area contributed by atoms with Crippen molar-refractivity contribution in [3.05, 3.63) is 33.6 Å². The van der Waals surface area contributed by atoms with Gasteiger partial charge in [0.1, 0.15) is 20.9 Å². The van der Waals surface area contributed by atoms with Gasteiger partial charge in [-0.3, -0.25) is 4.40 Å². The third-order valence-corrected chi connectivity index (χ3v) is 5.60. The summed E-state index contributed by atoms with van der Waals surface area (Å²) in [6, 6.07) is 0.812. The van der Waals surface area contributed by atoms with E-state index in [0.717, 1.165) is 18.5 Å². The quantitative estimate of drug-likeness (QED) is 0.362. The Labute approximate surface area is 158 Å². The van der Waals surface area contributed by atoms with E-state index in [2.05, 4.69) is 30.9 Å². The third kappa shape index (κ3) is 2.88. The number of nitrogens with zero attached hydrogens (tertiary/aromatic N) is 5. The maximum absolute atomic E-state index is 12.8. The predicted octanol–water partition coefficient (Wildman–Crippen LogP) is 5.14. The highest BCUT2D eigenvalue weighted by molar-refractivity contribution is 9.10. The van der Waals surface area contributed by atoms with Gasteiger partial charge in [0.15, 0.2) is 10.8 Å². The Hall–Kier alpha value is -2.15. The largest absolute Gasteiger partial charge is 0.433 e. The molecule has 0 radical (unpaired) electrons. The van der Waals surface area contributed by atoms with E-state index in [0.29, 0.717) is 16.9 Å². The summed E-state index contributed by atoms with van der Waals surface area (Å²) >= 11 is 3.65. The molecule has 4 rings (SSSR count). The molecule has 0 aliphatic rings. The maximum Gasteiger partial charge on any atom is 0.433 e. The van der Waals surface area contributed by atoms with E-state index in [9.17, 15) is 26.3 Å². The van der Waals surface area contributed by atoms with Gasteiger partial charge in [0.2, 0.25) is 0 Å². The number of aromatic nitrogens is 5. The highest BCUT2D eigenvalue weighted by atomic mass is 79.9. The molecule has 0 spiro atoms. The molecule has 4 heterocycles. The molecule has 0 aliphatic heterocycles. The molecule has 0 aliphatic carbocycles. The van der Waals surface area contributed by atoms with Crippen molar-refractivity contribution in [3.8, 4) is 11.5 Å². The van der Waals surface area contributed by atoms with Crippen LogP contribution in [0, 0.1) is 0 Å². The van der Waals surface area contributed by atoms with Gasteiger partial charge >= 0.3 is 12.4 Å². The van der Waals surface area contributed by atoms with Crippen molar-refractivity contribution in [1.29, 1.82) is 0 Å². The molecule has 142 valence electrons. The summed E-state index contributed by atoms with van der Waals surface area (Å²) < 4.78 is 79.9. The molecule has 5 nitrogen and oxygen atoms in total. The van der Waals surface area contributed by atoms with Crippen molar-refractivity contribution in [2.75, 3.05) is 0 Å². The Balaban J connectivity index is 1.88. The van der Waals surface area contributed by atoms with E-state index >= 15 is 0 Å². The molecular weight excluding hydrogens is 464 g/mol. The first kappa shape index (κ1) is 18.2. The molecule has 0 aromatic carbocycles. The lowest BCUT2D eigenvalue weighted by molar-refractivity contribution is -0.141. The van der Waals surface area contributed by atoms with Gasteiger partial charge in [-0.2, -0.15) is 26.3 Å². The van der Waals surface area contributed by atoms with Crippen molar-refractivity contribution < 1.29 is 26.3 Å². The van der Waals surface area contributed by atoms with Crippen LogP contribution >= 0.6 is 27.3 Å². The van der Waals surface area contributed by atoms with Gasteiger partial charge in [0, 0.05) is 13.2 Å². The van der Waals surface area contributed by atoms with Crippen LogP contribution in [-0.4, -0.2) is 23.9 Å². The van der Waals surface area contributed by atoms with Crippen molar-refractivity contribution in [2.24, 2.45) is 7.05 Å².